The van der Waals surface area contributed by atoms with Crippen LogP contribution in [0.1, 0.15) is 60.7 Å². The zero-order valence-electron chi connectivity index (χ0n) is 24.3. The van der Waals surface area contributed by atoms with Crippen molar-refractivity contribution in [3.05, 3.63) is 88.2 Å². The molecule has 1 aromatic heterocycles. The smallest absolute Gasteiger partial charge is 0.269 e. The molecule has 44 heavy (non-hydrogen) atoms. The van der Waals surface area contributed by atoms with Crippen LogP contribution >= 0.6 is 0 Å². The standard InChI is InChI=1S/C32H33N7O5/c1-19-16-20(7-8-21(19)18-37-12-14-38(15-13-37)24-6-3-11-34-28(24)29(33)41)17-35-23-5-2-4-22-27(23)32(44)39(31(22)43)25-9-10-26(40)36-30(25)42/h2-8,11,16,25,35H,9-10,12-15,17-18H2,1H3,(H2,33,41)(H,36,40,42). The zero-order valence-corrected chi connectivity index (χ0v) is 24.3. The SMILES string of the molecule is Cc1cc(CNc2cccc3c2C(=O)N(C2CCC(=O)NC2=O)C3=O)ccc1CN1CCN(c2cccnc2C(N)=O)CC1. The molecule has 3 aliphatic heterocycles. The number of imide groups is 2. The predicted octanol–water partition coefficient (Wildman–Crippen LogP) is 1.82. The van der Waals surface area contributed by atoms with Crippen LogP contribution in [-0.2, 0) is 22.7 Å². The van der Waals surface area contributed by atoms with Crippen molar-refractivity contribution >= 4 is 40.9 Å². The lowest BCUT2D eigenvalue weighted by molar-refractivity contribution is -0.136. The fourth-order valence-corrected chi connectivity index (χ4v) is 6.13. The zero-order chi connectivity index (χ0) is 31.0. The van der Waals surface area contributed by atoms with Crippen molar-refractivity contribution in [3.8, 4) is 0 Å². The van der Waals surface area contributed by atoms with E-state index in [0.29, 0.717) is 17.9 Å². The summed E-state index contributed by atoms with van der Waals surface area (Å²) in [5.74, 6) is -2.63. The first-order chi connectivity index (χ1) is 21.2. The topological polar surface area (TPSA) is 158 Å². The highest BCUT2D eigenvalue weighted by molar-refractivity contribution is 6.25. The van der Waals surface area contributed by atoms with Crippen molar-refractivity contribution in [1.82, 2.24) is 20.1 Å². The molecule has 2 fully saturated rings. The van der Waals surface area contributed by atoms with E-state index in [4.69, 9.17) is 5.73 Å². The molecular weight excluding hydrogens is 562 g/mol. The molecule has 5 amide bonds. The van der Waals surface area contributed by atoms with Gasteiger partial charge in [-0.1, -0.05) is 24.3 Å². The monoisotopic (exact) mass is 595 g/mol. The van der Waals surface area contributed by atoms with Gasteiger partial charge >= 0.3 is 0 Å². The van der Waals surface area contributed by atoms with E-state index in [2.05, 4.69) is 44.5 Å². The second-order valence-corrected chi connectivity index (χ2v) is 11.3. The third-order valence-corrected chi connectivity index (χ3v) is 8.48. The number of hydrogen-bond donors (Lipinski definition) is 3. The molecule has 0 saturated carbocycles. The van der Waals surface area contributed by atoms with Crippen molar-refractivity contribution in [2.24, 2.45) is 5.73 Å². The van der Waals surface area contributed by atoms with Gasteiger partial charge in [0.15, 0.2) is 5.69 Å². The normalized spacial score (nSPS) is 18.8. The van der Waals surface area contributed by atoms with Gasteiger partial charge in [-0.05, 0) is 54.3 Å². The minimum Gasteiger partial charge on any atom is -0.380 e. The van der Waals surface area contributed by atoms with Crippen LogP contribution in [0.5, 0.6) is 0 Å². The number of carbonyl (C=O) groups is 5. The molecule has 0 spiro atoms. The van der Waals surface area contributed by atoms with E-state index in [1.807, 2.05) is 18.2 Å². The van der Waals surface area contributed by atoms with E-state index < -0.39 is 35.6 Å². The molecule has 2 saturated heterocycles. The van der Waals surface area contributed by atoms with Crippen molar-refractivity contribution in [2.75, 3.05) is 36.4 Å². The summed E-state index contributed by atoms with van der Waals surface area (Å²) in [5, 5.41) is 5.53. The van der Waals surface area contributed by atoms with Gasteiger partial charge in [0.25, 0.3) is 17.7 Å². The van der Waals surface area contributed by atoms with Crippen LogP contribution in [0.15, 0.2) is 54.7 Å². The lowest BCUT2D eigenvalue weighted by atomic mass is 10.0. The van der Waals surface area contributed by atoms with Crippen LogP contribution in [-0.4, -0.2) is 76.5 Å². The van der Waals surface area contributed by atoms with Crippen molar-refractivity contribution in [2.45, 2.75) is 38.9 Å². The lowest BCUT2D eigenvalue weighted by Crippen LogP contribution is -2.54. The second-order valence-electron chi connectivity index (χ2n) is 11.3. The molecule has 6 rings (SSSR count). The maximum absolute atomic E-state index is 13.4. The van der Waals surface area contributed by atoms with E-state index in [9.17, 15) is 24.0 Å². The van der Waals surface area contributed by atoms with Gasteiger partial charge in [-0.25, -0.2) is 4.98 Å². The number of rotatable bonds is 8. The molecule has 0 bridgehead atoms. The Morgan fingerprint density at radius 3 is 2.55 bits per heavy atom. The number of nitrogens with two attached hydrogens (primary N) is 1. The van der Waals surface area contributed by atoms with Gasteiger partial charge in [-0.3, -0.25) is 39.1 Å². The van der Waals surface area contributed by atoms with E-state index in [1.54, 1.807) is 24.4 Å². The summed E-state index contributed by atoms with van der Waals surface area (Å²) < 4.78 is 0. The minimum atomic E-state index is -1.01. The Balaban J connectivity index is 1.08. The van der Waals surface area contributed by atoms with Gasteiger partial charge in [-0.15, -0.1) is 0 Å². The number of piperidine rings is 1. The first-order valence-corrected chi connectivity index (χ1v) is 14.6. The van der Waals surface area contributed by atoms with Crippen molar-refractivity contribution < 1.29 is 24.0 Å². The number of piperazine rings is 1. The van der Waals surface area contributed by atoms with Gasteiger partial charge < -0.3 is 16.0 Å². The maximum atomic E-state index is 13.4. The quantitative estimate of drug-likeness (QED) is 0.330. The Bertz CT molecular complexity index is 1680. The van der Waals surface area contributed by atoms with Crippen LogP contribution in [0.3, 0.4) is 0 Å². The molecule has 12 nitrogen and oxygen atoms in total. The highest BCUT2D eigenvalue weighted by Gasteiger charge is 2.45. The van der Waals surface area contributed by atoms with Gasteiger partial charge in [-0.2, -0.15) is 0 Å². The third-order valence-electron chi connectivity index (χ3n) is 8.48. The maximum Gasteiger partial charge on any atom is 0.269 e. The average Bonchev–Trinajstić information content (AvgIpc) is 3.27. The highest BCUT2D eigenvalue weighted by Crippen LogP contribution is 2.33. The molecule has 3 aromatic rings. The Morgan fingerprint density at radius 1 is 1.02 bits per heavy atom. The number of nitrogens with zero attached hydrogens (tertiary/aromatic N) is 4. The number of primary amides is 1. The van der Waals surface area contributed by atoms with Gasteiger partial charge in [0, 0.05) is 57.6 Å². The molecule has 2 aromatic carbocycles. The van der Waals surface area contributed by atoms with Gasteiger partial charge in [0.1, 0.15) is 6.04 Å². The summed E-state index contributed by atoms with van der Waals surface area (Å²) in [5.41, 5.74) is 10.9. The number of hydrogen-bond acceptors (Lipinski definition) is 9. The van der Waals surface area contributed by atoms with Crippen LogP contribution in [0.4, 0.5) is 11.4 Å². The Labute approximate surface area is 254 Å². The van der Waals surface area contributed by atoms with Crippen LogP contribution in [0, 0.1) is 6.92 Å². The number of anilines is 2. The molecule has 0 aliphatic carbocycles. The predicted molar refractivity (Wildman–Crippen MR) is 162 cm³/mol. The summed E-state index contributed by atoms with van der Waals surface area (Å²) in [7, 11) is 0. The van der Waals surface area contributed by atoms with E-state index >= 15 is 0 Å². The Hall–Kier alpha value is -5.10. The third kappa shape index (κ3) is 5.51. The molecule has 226 valence electrons. The molecule has 0 radical (unpaired) electrons. The molecular formula is C32H33N7O5. The minimum absolute atomic E-state index is 0.0731. The van der Waals surface area contributed by atoms with Crippen LogP contribution in [0.2, 0.25) is 0 Å². The molecule has 3 aliphatic rings. The summed E-state index contributed by atoms with van der Waals surface area (Å²) >= 11 is 0. The number of carbonyl (C=O) groups excluding carboxylic acids is 5. The van der Waals surface area contributed by atoms with Crippen LogP contribution in [0.25, 0.3) is 0 Å². The first kappa shape index (κ1) is 29.0. The number of aryl methyl sites for hydroxylation is 1. The van der Waals surface area contributed by atoms with Crippen LogP contribution < -0.4 is 21.3 Å². The van der Waals surface area contributed by atoms with Gasteiger partial charge in [0.05, 0.1) is 16.8 Å². The summed E-state index contributed by atoms with van der Waals surface area (Å²) in [6.45, 7) is 6.48. The van der Waals surface area contributed by atoms with Gasteiger partial charge in [0.2, 0.25) is 11.8 Å². The fraction of sp³-hybridized carbons (Fsp3) is 0.312. The lowest BCUT2D eigenvalue weighted by Gasteiger charge is -2.36. The second kappa shape index (κ2) is 11.9. The molecule has 4 N–H and O–H groups in total. The first-order valence-electron chi connectivity index (χ1n) is 14.6. The summed E-state index contributed by atoms with van der Waals surface area (Å²) in [4.78, 5) is 71.9. The number of pyridine rings is 1. The largest absolute Gasteiger partial charge is 0.380 e. The van der Waals surface area contributed by atoms with E-state index in [0.717, 1.165) is 54.4 Å². The van der Waals surface area contributed by atoms with Crippen molar-refractivity contribution in [3.63, 3.8) is 0 Å². The fourth-order valence-electron chi connectivity index (χ4n) is 6.13. The molecule has 1 atom stereocenters. The molecule has 4 heterocycles. The van der Waals surface area contributed by atoms with E-state index in [-0.39, 0.29) is 24.0 Å². The molecule has 1 unspecified atom stereocenters. The number of amides is 5. The molecule has 12 heteroatoms. The number of nitrogens with one attached hydrogen (secondary N) is 2. The number of benzene rings is 2. The average molecular weight is 596 g/mol. The Kier molecular flexibility index (Phi) is 7.83. The van der Waals surface area contributed by atoms with Crippen molar-refractivity contribution in [1.29, 1.82) is 0 Å². The highest BCUT2D eigenvalue weighted by atomic mass is 16.2. The number of aromatic nitrogens is 1. The summed E-state index contributed by atoms with van der Waals surface area (Å²) in [6.07, 6.45) is 1.76. The van der Waals surface area contributed by atoms with E-state index in [1.165, 1.54) is 5.56 Å². The number of fused-ring (bicyclic) bond motifs is 1. The Morgan fingerprint density at radius 2 is 1.82 bits per heavy atom. The summed E-state index contributed by atoms with van der Waals surface area (Å²) in [6, 6.07) is 14.0.